The minimum atomic E-state index is -0.102. The van der Waals surface area contributed by atoms with Gasteiger partial charge in [-0.05, 0) is 55.6 Å². The van der Waals surface area contributed by atoms with Gasteiger partial charge < -0.3 is 10.1 Å². The van der Waals surface area contributed by atoms with Crippen LogP contribution in [0.1, 0.15) is 37.8 Å². The average Bonchev–Trinajstić information content (AvgIpc) is 2.48. The van der Waals surface area contributed by atoms with Crippen LogP contribution < -0.4 is 5.32 Å². The fourth-order valence-electron chi connectivity index (χ4n) is 3.40. The summed E-state index contributed by atoms with van der Waals surface area (Å²) in [7, 11) is 2.03. The number of hydrogen-bond donors (Lipinski definition) is 1. The molecule has 0 aromatic heterocycles. The Morgan fingerprint density at radius 2 is 1.90 bits per heavy atom. The molecule has 0 saturated carbocycles. The molecule has 2 aromatic carbocycles. The number of hydrogen-bond acceptors (Lipinski definition) is 2. The van der Waals surface area contributed by atoms with Gasteiger partial charge in [0, 0.05) is 6.61 Å². The number of nitrogens with one attached hydrogen (secondary N) is 1. The monoisotopic (exact) mass is 269 g/mol. The summed E-state index contributed by atoms with van der Waals surface area (Å²) < 4.78 is 6.12. The number of benzene rings is 2. The zero-order valence-electron chi connectivity index (χ0n) is 12.4. The molecule has 1 N–H and O–H groups in total. The van der Waals surface area contributed by atoms with Gasteiger partial charge in [-0.15, -0.1) is 0 Å². The lowest BCUT2D eigenvalue weighted by atomic mass is 9.83. The second-order valence-electron chi connectivity index (χ2n) is 5.95. The SMILES string of the molecule is CNC(c1ccc2ccccc2c1)C1(C)CCCCO1. The maximum atomic E-state index is 6.12. The minimum absolute atomic E-state index is 0.102. The van der Waals surface area contributed by atoms with E-state index in [0.29, 0.717) is 0 Å². The van der Waals surface area contributed by atoms with Crippen LogP contribution in [0.3, 0.4) is 0 Å². The number of ether oxygens (including phenoxy) is 1. The van der Waals surface area contributed by atoms with Crippen molar-refractivity contribution in [3.63, 3.8) is 0 Å². The van der Waals surface area contributed by atoms with E-state index in [0.717, 1.165) is 13.0 Å². The Hall–Kier alpha value is -1.38. The standard InChI is InChI=1S/C18H23NO/c1-18(11-5-6-12-20-18)17(19-2)16-10-9-14-7-3-4-8-15(14)13-16/h3-4,7-10,13,17,19H,5-6,11-12H2,1-2H3. The minimum Gasteiger partial charge on any atom is -0.373 e. The third-order valence-electron chi connectivity index (χ3n) is 4.51. The van der Waals surface area contributed by atoms with Crippen LogP contribution in [0.25, 0.3) is 10.8 Å². The molecule has 0 aliphatic carbocycles. The zero-order chi connectivity index (χ0) is 14.0. The first-order valence-corrected chi connectivity index (χ1v) is 7.53. The summed E-state index contributed by atoms with van der Waals surface area (Å²) in [5.74, 6) is 0. The normalized spacial score (nSPS) is 24.7. The van der Waals surface area contributed by atoms with E-state index in [1.165, 1.54) is 29.2 Å². The van der Waals surface area contributed by atoms with Crippen molar-refractivity contribution < 1.29 is 4.74 Å². The van der Waals surface area contributed by atoms with Gasteiger partial charge in [0.25, 0.3) is 0 Å². The molecule has 1 aliphatic rings. The molecule has 0 spiro atoms. The van der Waals surface area contributed by atoms with Gasteiger partial charge in [-0.1, -0.05) is 36.4 Å². The molecule has 3 rings (SSSR count). The molecule has 1 heterocycles. The van der Waals surface area contributed by atoms with Crippen molar-refractivity contribution in [2.45, 2.75) is 37.8 Å². The molecule has 106 valence electrons. The van der Waals surface area contributed by atoms with Crippen molar-refractivity contribution >= 4 is 10.8 Å². The Kier molecular flexibility index (Phi) is 3.77. The van der Waals surface area contributed by atoms with Crippen LogP contribution in [-0.4, -0.2) is 19.3 Å². The van der Waals surface area contributed by atoms with Crippen molar-refractivity contribution in [2.75, 3.05) is 13.7 Å². The van der Waals surface area contributed by atoms with Gasteiger partial charge in [0.1, 0.15) is 0 Å². The van der Waals surface area contributed by atoms with Gasteiger partial charge in [0.15, 0.2) is 0 Å². The van der Waals surface area contributed by atoms with Gasteiger partial charge in [-0.2, -0.15) is 0 Å². The van der Waals surface area contributed by atoms with E-state index >= 15 is 0 Å². The number of likely N-dealkylation sites (N-methyl/N-ethyl adjacent to an activating group) is 1. The van der Waals surface area contributed by atoms with Crippen molar-refractivity contribution in [2.24, 2.45) is 0 Å². The highest BCUT2D eigenvalue weighted by Crippen LogP contribution is 2.37. The Balaban J connectivity index is 1.98. The summed E-state index contributed by atoms with van der Waals surface area (Å²) in [5.41, 5.74) is 1.21. The molecule has 1 fully saturated rings. The molecule has 2 atom stereocenters. The van der Waals surface area contributed by atoms with Gasteiger partial charge in [-0.25, -0.2) is 0 Å². The first-order chi connectivity index (χ1) is 9.73. The highest BCUT2D eigenvalue weighted by molar-refractivity contribution is 5.83. The quantitative estimate of drug-likeness (QED) is 0.907. The van der Waals surface area contributed by atoms with Crippen LogP contribution in [0.4, 0.5) is 0 Å². The topological polar surface area (TPSA) is 21.3 Å². The fraction of sp³-hybridized carbons (Fsp3) is 0.444. The van der Waals surface area contributed by atoms with Crippen LogP contribution in [0.5, 0.6) is 0 Å². The molecular weight excluding hydrogens is 246 g/mol. The third-order valence-corrected chi connectivity index (χ3v) is 4.51. The summed E-state index contributed by atoms with van der Waals surface area (Å²) in [6, 6.07) is 15.5. The lowest BCUT2D eigenvalue weighted by Gasteiger charge is -2.40. The summed E-state index contributed by atoms with van der Waals surface area (Å²) >= 11 is 0. The van der Waals surface area contributed by atoms with Crippen molar-refractivity contribution in [3.05, 3.63) is 48.0 Å². The molecule has 1 aliphatic heterocycles. The maximum absolute atomic E-state index is 6.12. The summed E-state index contributed by atoms with van der Waals surface area (Å²) in [6.45, 7) is 3.12. The van der Waals surface area contributed by atoms with Gasteiger partial charge in [-0.3, -0.25) is 0 Å². The largest absolute Gasteiger partial charge is 0.373 e. The summed E-state index contributed by atoms with van der Waals surface area (Å²) in [6.07, 6.45) is 3.55. The van der Waals surface area contributed by atoms with E-state index in [4.69, 9.17) is 4.74 Å². The van der Waals surface area contributed by atoms with Crippen molar-refractivity contribution in [1.29, 1.82) is 0 Å². The maximum Gasteiger partial charge on any atom is 0.0848 e. The summed E-state index contributed by atoms with van der Waals surface area (Å²) in [5, 5.41) is 6.06. The predicted octanol–water partition coefficient (Wildman–Crippen LogP) is 4.06. The van der Waals surface area contributed by atoms with Crippen molar-refractivity contribution in [3.8, 4) is 0 Å². The molecule has 2 nitrogen and oxygen atoms in total. The van der Waals surface area contributed by atoms with E-state index in [1.807, 2.05) is 7.05 Å². The molecule has 2 unspecified atom stereocenters. The van der Waals surface area contributed by atoms with Crippen LogP contribution in [0.2, 0.25) is 0 Å². The molecule has 0 radical (unpaired) electrons. The highest BCUT2D eigenvalue weighted by Gasteiger charge is 2.36. The highest BCUT2D eigenvalue weighted by atomic mass is 16.5. The van der Waals surface area contributed by atoms with Crippen LogP contribution in [0, 0.1) is 0 Å². The first-order valence-electron chi connectivity index (χ1n) is 7.53. The lowest BCUT2D eigenvalue weighted by Crippen LogP contribution is -2.44. The number of fused-ring (bicyclic) bond motifs is 1. The van der Waals surface area contributed by atoms with Crippen LogP contribution in [0.15, 0.2) is 42.5 Å². The molecule has 1 saturated heterocycles. The molecule has 2 heteroatoms. The predicted molar refractivity (Wildman–Crippen MR) is 84.0 cm³/mol. The summed E-state index contributed by atoms with van der Waals surface area (Å²) in [4.78, 5) is 0. The van der Waals surface area contributed by atoms with E-state index in [2.05, 4.69) is 54.7 Å². The Morgan fingerprint density at radius 3 is 2.60 bits per heavy atom. The Morgan fingerprint density at radius 1 is 1.10 bits per heavy atom. The molecule has 20 heavy (non-hydrogen) atoms. The van der Waals surface area contributed by atoms with Crippen LogP contribution in [-0.2, 0) is 4.74 Å². The average molecular weight is 269 g/mol. The second kappa shape index (κ2) is 5.55. The third kappa shape index (κ3) is 2.46. The Labute approximate surface area is 121 Å². The molecule has 2 aromatic rings. The van der Waals surface area contributed by atoms with Gasteiger partial charge in [0.2, 0.25) is 0 Å². The van der Waals surface area contributed by atoms with Crippen molar-refractivity contribution in [1.82, 2.24) is 5.32 Å². The lowest BCUT2D eigenvalue weighted by molar-refractivity contribution is -0.0884. The first kappa shape index (κ1) is 13.6. The van der Waals surface area contributed by atoms with Gasteiger partial charge >= 0.3 is 0 Å². The Bertz CT molecular complexity index is 587. The fourth-order valence-corrected chi connectivity index (χ4v) is 3.40. The van der Waals surface area contributed by atoms with E-state index in [1.54, 1.807) is 0 Å². The number of rotatable bonds is 3. The van der Waals surface area contributed by atoms with Gasteiger partial charge in [0.05, 0.1) is 11.6 Å². The zero-order valence-corrected chi connectivity index (χ0v) is 12.4. The molecule has 0 bridgehead atoms. The van der Waals surface area contributed by atoms with E-state index in [-0.39, 0.29) is 11.6 Å². The van der Waals surface area contributed by atoms with E-state index < -0.39 is 0 Å². The molecule has 0 amide bonds. The van der Waals surface area contributed by atoms with Crippen LogP contribution >= 0.6 is 0 Å². The smallest absolute Gasteiger partial charge is 0.0848 e. The second-order valence-corrected chi connectivity index (χ2v) is 5.95. The molecular formula is C18H23NO. The van der Waals surface area contributed by atoms with E-state index in [9.17, 15) is 0 Å².